The zero-order valence-electron chi connectivity index (χ0n) is 17.0. The Labute approximate surface area is 190 Å². The third-order valence-corrected chi connectivity index (χ3v) is 8.95. The van der Waals surface area contributed by atoms with Crippen LogP contribution in [0.25, 0.3) is 0 Å². The van der Waals surface area contributed by atoms with E-state index in [1.165, 1.54) is 30.4 Å². The molecule has 168 valence electrons. The van der Waals surface area contributed by atoms with Crippen molar-refractivity contribution in [3.05, 3.63) is 82.3 Å². The van der Waals surface area contributed by atoms with E-state index in [9.17, 15) is 21.2 Å². The van der Waals surface area contributed by atoms with Gasteiger partial charge in [-0.25, -0.2) is 12.8 Å². The minimum atomic E-state index is -4.08. The van der Waals surface area contributed by atoms with Crippen molar-refractivity contribution < 1.29 is 21.2 Å². The molecule has 1 aliphatic rings. The molecule has 0 saturated carbocycles. The Morgan fingerprint density at radius 3 is 2.44 bits per heavy atom. The number of hydrogen-bond acceptors (Lipinski definition) is 6. The fraction of sp³-hybridized carbons (Fsp3) is 0.190. The molecule has 1 N–H and O–H groups in total. The summed E-state index contributed by atoms with van der Waals surface area (Å²) >= 11 is 1.40. The van der Waals surface area contributed by atoms with Crippen LogP contribution in [-0.4, -0.2) is 32.7 Å². The minimum Gasteiger partial charge on any atom is -0.283 e. The average molecular weight is 494 g/mol. The number of nitrogens with zero attached hydrogens (tertiary/aromatic N) is 2. The van der Waals surface area contributed by atoms with E-state index in [2.05, 4.69) is 9.82 Å². The zero-order chi connectivity index (χ0) is 22.9. The van der Waals surface area contributed by atoms with Crippen molar-refractivity contribution in [3.8, 4) is 0 Å². The van der Waals surface area contributed by atoms with Gasteiger partial charge in [-0.1, -0.05) is 24.3 Å². The average Bonchev–Trinajstić information content (AvgIpc) is 3.44. The smallest absolute Gasteiger partial charge is 0.279 e. The second-order valence-electron chi connectivity index (χ2n) is 7.06. The first-order valence-corrected chi connectivity index (χ1v) is 13.7. The lowest BCUT2D eigenvalue weighted by atomic mass is 10.0. The third-order valence-electron chi connectivity index (χ3n) is 4.99. The number of sulfonamides is 2. The lowest BCUT2D eigenvalue weighted by Gasteiger charge is -2.22. The van der Waals surface area contributed by atoms with Crippen molar-refractivity contribution in [3.63, 3.8) is 0 Å². The van der Waals surface area contributed by atoms with Crippen molar-refractivity contribution in [2.75, 3.05) is 10.5 Å². The molecule has 11 heteroatoms. The number of hydrogen-bond donors (Lipinski definition) is 1. The molecule has 3 aromatic rings. The molecule has 0 unspecified atom stereocenters. The Morgan fingerprint density at radius 2 is 1.78 bits per heavy atom. The van der Waals surface area contributed by atoms with Gasteiger partial charge in [-0.2, -0.15) is 17.9 Å². The summed E-state index contributed by atoms with van der Waals surface area (Å²) < 4.78 is 68.0. The summed E-state index contributed by atoms with van der Waals surface area (Å²) in [6.45, 7) is 1.53. The Kier molecular flexibility index (Phi) is 6.06. The van der Waals surface area contributed by atoms with Crippen molar-refractivity contribution in [1.29, 1.82) is 0 Å². The van der Waals surface area contributed by atoms with Gasteiger partial charge in [0, 0.05) is 16.9 Å². The number of hydrazone groups is 1. The molecule has 4 rings (SSSR count). The van der Waals surface area contributed by atoms with Crippen LogP contribution < -0.4 is 4.72 Å². The van der Waals surface area contributed by atoms with Gasteiger partial charge in [0.25, 0.3) is 10.0 Å². The third kappa shape index (κ3) is 4.41. The Hall–Kier alpha value is -2.76. The molecule has 0 spiro atoms. The van der Waals surface area contributed by atoms with Crippen LogP contribution in [0.3, 0.4) is 0 Å². The number of thiophene rings is 1. The summed E-state index contributed by atoms with van der Waals surface area (Å²) in [5, 5.41) is 6.27. The quantitative estimate of drug-likeness (QED) is 0.534. The highest BCUT2D eigenvalue weighted by Crippen LogP contribution is 2.39. The molecule has 32 heavy (non-hydrogen) atoms. The molecule has 0 bridgehead atoms. The van der Waals surface area contributed by atoms with Gasteiger partial charge in [0.1, 0.15) is 11.9 Å². The molecule has 0 amide bonds. The van der Waals surface area contributed by atoms with Crippen LogP contribution in [-0.2, 0) is 20.0 Å². The normalized spacial score (nSPS) is 16.8. The van der Waals surface area contributed by atoms with Gasteiger partial charge in [0.05, 0.1) is 22.0 Å². The Balaban J connectivity index is 1.80. The predicted octanol–water partition coefficient (Wildman–Crippen LogP) is 4.19. The molecule has 2 aromatic carbocycles. The summed E-state index contributed by atoms with van der Waals surface area (Å²) in [6.07, 6.45) is 0.256. The molecule has 7 nitrogen and oxygen atoms in total. The van der Waals surface area contributed by atoms with E-state index in [4.69, 9.17) is 0 Å². The summed E-state index contributed by atoms with van der Waals surface area (Å²) in [6, 6.07) is 14.4. The maximum absolute atomic E-state index is 13.4. The molecule has 0 radical (unpaired) electrons. The van der Waals surface area contributed by atoms with Crippen LogP contribution in [0.1, 0.15) is 29.8 Å². The van der Waals surface area contributed by atoms with Gasteiger partial charge in [-0.05, 0) is 48.7 Å². The van der Waals surface area contributed by atoms with Crippen molar-refractivity contribution in [2.45, 2.75) is 24.3 Å². The van der Waals surface area contributed by atoms with Crippen molar-refractivity contribution in [2.24, 2.45) is 5.10 Å². The summed E-state index contributed by atoms with van der Waals surface area (Å²) in [4.78, 5) is 0.714. The Bertz CT molecular complexity index is 1350. The minimum absolute atomic E-state index is 0.0783. The van der Waals surface area contributed by atoms with Gasteiger partial charge >= 0.3 is 0 Å². The van der Waals surface area contributed by atoms with Crippen molar-refractivity contribution in [1.82, 2.24) is 4.41 Å². The lowest BCUT2D eigenvalue weighted by Crippen LogP contribution is -2.26. The van der Waals surface area contributed by atoms with Crippen molar-refractivity contribution >= 4 is 42.8 Å². The predicted molar refractivity (Wildman–Crippen MR) is 123 cm³/mol. The number of anilines is 1. The SMILES string of the molecule is CCS(=O)(=O)Nc1ccccc1C1=NN(S(=O)(=O)c2ccc(F)cc2)[C@H](c2cccs2)C1. The van der Waals surface area contributed by atoms with E-state index in [1.807, 2.05) is 17.5 Å². The summed E-state index contributed by atoms with van der Waals surface area (Å²) in [5.74, 6) is -0.641. The van der Waals surface area contributed by atoms with E-state index >= 15 is 0 Å². The van der Waals surface area contributed by atoms with Gasteiger partial charge in [0.2, 0.25) is 10.0 Å². The fourth-order valence-electron chi connectivity index (χ4n) is 3.34. The molecule has 0 saturated heterocycles. The molecule has 0 fully saturated rings. The second kappa shape index (κ2) is 8.64. The van der Waals surface area contributed by atoms with Crippen LogP contribution >= 0.6 is 11.3 Å². The van der Waals surface area contributed by atoms with Crippen LogP contribution in [0, 0.1) is 5.82 Å². The van der Waals surface area contributed by atoms with Crippen LogP contribution in [0.15, 0.2) is 76.0 Å². The highest BCUT2D eigenvalue weighted by atomic mass is 32.2. The maximum atomic E-state index is 13.4. The standard InChI is InChI=1S/C21H20FN3O4S3/c1-2-31(26,27)24-18-7-4-3-6-17(18)19-14-20(21-8-5-13-30-21)25(23-19)32(28,29)16-11-9-15(22)10-12-16/h3-13,20,24H,2,14H2,1H3/t20-/m0/s1. The monoisotopic (exact) mass is 493 g/mol. The number of nitrogens with one attached hydrogen (secondary N) is 1. The van der Waals surface area contributed by atoms with Crippen LogP contribution in [0.4, 0.5) is 10.1 Å². The van der Waals surface area contributed by atoms with E-state index in [0.717, 1.165) is 21.4 Å². The van der Waals surface area contributed by atoms with E-state index in [-0.39, 0.29) is 17.1 Å². The maximum Gasteiger partial charge on any atom is 0.279 e. The first kappa shape index (κ1) is 22.4. The van der Waals surface area contributed by atoms with E-state index in [1.54, 1.807) is 24.3 Å². The number of para-hydroxylation sites is 1. The molecular formula is C21H20FN3O4S3. The second-order valence-corrected chi connectivity index (χ2v) is 11.9. The number of halogens is 1. The fourth-order valence-corrected chi connectivity index (χ4v) is 6.31. The molecular weight excluding hydrogens is 473 g/mol. The van der Waals surface area contributed by atoms with E-state index < -0.39 is 31.9 Å². The highest BCUT2D eigenvalue weighted by molar-refractivity contribution is 7.92. The number of benzene rings is 2. The van der Waals surface area contributed by atoms with Gasteiger partial charge in [-0.3, -0.25) is 4.72 Å². The molecule has 1 atom stereocenters. The largest absolute Gasteiger partial charge is 0.283 e. The van der Waals surface area contributed by atoms with Crippen LogP contribution in [0.5, 0.6) is 0 Å². The topological polar surface area (TPSA) is 95.9 Å². The highest BCUT2D eigenvalue weighted by Gasteiger charge is 2.38. The first-order chi connectivity index (χ1) is 15.2. The van der Waals surface area contributed by atoms with Gasteiger partial charge in [0.15, 0.2) is 0 Å². The first-order valence-electron chi connectivity index (χ1n) is 9.72. The molecule has 2 heterocycles. The Morgan fingerprint density at radius 1 is 1.06 bits per heavy atom. The number of rotatable bonds is 7. The van der Waals surface area contributed by atoms with Gasteiger partial charge in [-0.15, -0.1) is 11.3 Å². The molecule has 1 aliphatic heterocycles. The lowest BCUT2D eigenvalue weighted by molar-refractivity contribution is 0.375. The van der Waals surface area contributed by atoms with Gasteiger partial charge < -0.3 is 0 Å². The summed E-state index contributed by atoms with van der Waals surface area (Å²) in [7, 11) is -7.62. The summed E-state index contributed by atoms with van der Waals surface area (Å²) in [5.41, 5.74) is 1.27. The van der Waals surface area contributed by atoms with E-state index in [0.29, 0.717) is 17.0 Å². The zero-order valence-corrected chi connectivity index (χ0v) is 19.4. The molecule has 0 aliphatic carbocycles. The molecule has 1 aromatic heterocycles. The van der Waals surface area contributed by atoms with Crippen LogP contribution in [0.2, 0.25) is 0 Å².